The number of carbonyl (C=O) groups excluding carboxylic acids is 3. The Labute approximate surface area is 296 Å². The normalized spacial score (nSPS) is 21.5. The van der Waals surface area contributed by atoms with E-state index in [0.717, 1.165) is 25.7 Å². The van der Waals surface area contributed by atoms with Gasteiger partial charge in [0.15, 0.2) is 17.9 Å². The molecule has 272 valence electrons. The standard InChI is InChI=1S/C23H33NO6.C17H20O3/c1-6-27-20(28-7-2)18-19(25)16-10-8-9-11-17(16)29-23(18)12-14-24(15-13-23)21(26)30-22(3,4)5;1-2-19-12-14-16(18)13-8-4-5-9-15(13)20-17(14)10-6-3-7-11-17/h8-11,18,20H,6-7,12-15H2,1-5H3;4-5,8-9,12H,2-3,6-7,10-11H2,1H3/b;14-12+. The molecular weight excluding hydrogens is 638 g/mol. The van der Waals surface area contributed by atoms with Gasteiger partial charge in [0.05, 0.1) is 29.6 Å². The van der Waals surface area contributed by atoms with Crippen LogP contribution in [0.5, 0.6) is 11.5 Å². The second-order valence-electron chi connectivity index (χ2n) is 14.2. The number of nitrogens with zero attached hydrogens (tertiary/aromatic N) is 1. The number of hydrogen-bond acceptors (Lipinski definition) is 9. The quantitative estimate of drug-likeness (QED) is 0.162. The summed E-state index contributed by atoms with van der Waals surface area (Å²) in [6.45, 7) is 13.5. The predicted molar refractivity (Wildman–Crippen MR) is 189 cm³/mol. The van der Waals surface area contributed by atoms with Crippen LogP contribution in [0, 0.1) is 5.92 Å². The number of ketones is 2. The molecule has 0 aromatic heterocycles. The Balaban J connectivity index is 0.000000210. The highest BCUT2D eigenvalue weighted by Gasteiger charge is 2.55. The Hall–Kier alpha value is -3.89. The molecule has 1 saturated heterocycles. The molecule has 2 spiro atoms. The van der Waals surface area contributed by atoms with Crippen molar-refractivity contribution in [1.82, 2.24) is 4.90 Å². The summed E-state index contributed by atoms with van der Waals surface area (Å²) < 4.78 is 35.4. The van der Waals surface area contributed by atoms with Crippen LogP contribution < -0.4 is 9.47 Å². The fourth-order valence-electron chi connectivity index (χ4n) is 7.38. The van der Waals surface area contributed by atoms with Gasteiger partial charge in [-0.05, 0) is 91.5 Å². The molecule has 1 saturated carbocycles. The van der Waals surface area contributed by atoms with Crippen LogP contribution in [0.4, 0.5) is 4.79 Å². The van der Waals surface area contributed by atoms with E-state index >= 15 is 0 Å². The summed E-state index contributed by atoms with van der Waals surface area (Å²) in [6.07, 6.45) is 6.76. The first-order valence-electron chi connectivity index (χ1n) is 18.2. The van der Waals surface area contributed by atoms with Gasteiger partial charge in [-0.25, -0.2) is 4.79 Å². The Bertz CT molecular complexity index is 1520. The maximum absolute atomic E-state index is 13.5. The molecule has 10 heteroatoms. The van der Waals surface area contributed by atoms with Gasteiger partial charge in [0.2, 0.25) is 0 Å². The number of piperidine rings is 1. The van der Waals surface area contributed by atoms with Crippen molar-refractivity contribution in [3.63, 3.8) is 0 Å². The Morgan fingerprint density at radius 3 is 2.00 bits per heavy atom. The fraction of sp³-hybridized carbons (Fsp3) is 0.575. The molecule has 1 atom stereocenters. The molecule has 6 rings (SSSR count). The van der Waals surface area contributed by atoms with Gasteiger partial charge in [0.1, 0.15) is 34.2 Å². The van der Waals surface area contributed by atoms with Gasteiger partial charge in [-0.1, -0.05) is 30.7 Å². The third-order valence-electron chi connectivity index (χ3n) is 9.71. The number of para-hydroxylation sites is 2. The number of ether oxygens (including phenoxy) is 6. The van der Waals surface area contributed by atoms with Gasteiger partial charge in [-0.3, -0.25) is 9.59 Å². The summed E-state index contributed by atoms with van der Waals surface area (Å²) in [4.78, 5) is 40.5. The van der Waals surface area contributed by atoms with Gasteiger partial charge < -0.3 is 33.3 Å². The van der Waals surface area contributed by atoms with Crippen molar-refractivity contribution in [3.8, 4) is 11.5 Å². The smallest absolute Gasteiger partial charge is 0.410 e. The van der Waals surface area contributed by atoms with Crippen LogP contribution in [-0.4, -0.2) is 78.6 Å². The molecular formula is C40H53NO9. The van der Waals surface area contributed by atoms with Gasteiger partial charge >= 0.3 is 6.09 Å². The molecule has 1 aliphatic carbocycles. The zero-order valence-corrected chi connectivity index (χ0v) is 30.5. The van der Waals surface area contributed by atoms with Crippen LogP contribution in [0.25, 0.3) is 0 Å². The third kappa shape index (κ3) is 8.02. The second kappa shape index (κ2) is 16.0. The van der Waals surface area contributed by atoms with Crippen molar-refractivity contribution in [2.24, 2.45) is 5.92 Å². The monoisotopic (exact) mass is 691 g/mol. The maximum atomic E-state index is 13.5. The number of fused-ring (bicyclic) bond motifs is 2. The number of rotatable bonds is 7. The third-order valence-corrected chi connectivity index (χ3v) is 9.71. The summed E-state index contributed by atoms with van der Waals surface area (Å²) in [7, 11) is 0. The van der Waals surface area contributed by atoms with Crippen LogP contribution in [0.2, 0.25) is 0 Å². The lowest BCUT2D eigenvalue weighted by molar-refractivity contribution is -0.198. The first-order valence-corrected chi connectivity index (χ1v) is 18.2. The lowest BCUT2D eigenvalue weighted by Gasteiger charge is -2.49. The van der Waals surface area contributed by atoms with Crippen molar-refractivity contribution in [2.75, 3.05) is 32.9 Å². The van der Waals surface area contributed by atoms with E-state index in [1.807, 2.05) is 84.0 Å². The molecule has 3 aliphatic heterocycles. The van der Waals surface area contributed by atoms with E-state index in [1.54, 1.807) is 17.2 Å². The van der Waals surface area contributed by atoms with Crippen molar-refractivity contribution >= 4 is 17.7 Å². The lowest BCUT2D eigenvalue weighted by Crippen LogP contribution is -2.61. The Kier molecular flexibility index (Phi) is 11.9. The Morgan fingerprint density at radius 2 is 1.42 bits per heavy atom. The van der Waals surface area contributed by atoms with Gasteiger partial charge in [0, 0.05) is 39.1 Å². The highest BCUT2D eigenvalue weighted by Crippen LogP contribution is 2.46. The highest BCUT2D eigenvalue weighted by atomic mass is 16.7. The molecule has 50 heavy (non-hydrogen) atoms. The van der Waals surface area contributed by atoms with E-state index in [-0.39, 0.29) is 17.7 Å². The summed E-state index contributed by atoms with van der Waals surface area (Å²) in [6, 6.07) is 14.8. The molecule has 0 radical (unpaired) electrons. The summed E-state index contributed by atoms with van der Waals surface area (Å²) in [5, 5.41) is 0. The summed E-state index contributed by atoms with van der Waals surface area (Å²) in [5.41, 5.74) is 0.0668. The van der Waals surface area contributed by atoms with Crippen molar-refractivity contribution in [3.05, 3.63) is 71.5 Å². The zero-order chi connectivity index (χ0) is 35.9. The molecule has 2 fully saturated rings. The average Bonchev–Trinajstić information content (AvgIpc) is 3.09. The van der Waals surface area contributed by atoms with E-state index in [0.29, 0.717) is 74.0 Å². The maximum Gasteiger partial charge on any atom is 0.410 e. The minimum absolute atomic E-state index is 0.0329. The average molecular weight is 692 g/mol. The van der Waals surface area contributed by atoms with Crippen LogP contribution in [0.3, 0.4) is 0 Å². The molecule has 4 aliphatic rings. The molecule has 2 aromatic carbocycles. The molecule has 2 aromatic rings. The minimum Gasteiger partial charge on any atom is -0.501 e. The predicted octanol–water partition coefficient (Wildman–Crippen LogP) is 7.93. The van der Waals surface area contributed by atoms with Crippen LogP contribution >= 0.6 is 0 Å². The van der Waals surface area contributed by atoms with Crippen molar-refractivity contribution in [1.29, 1.82) is 0 Å². The second-order valence-corrected chi connectivity index (χ2v) is 14.2. The molecule has 0 bridgehead atoms. The van der Waals surface area contributed by atoms with E-state index in [4.69, 9.17) is 28.4 Å². The molecule has 10 nitrogen and oxygen atoms in total. The number of carbonyl (C=O) groups is 3. The first-order chi connectivity index (χ1) is 24.0. The van der Waals surface area contributed by atoms with Crippen molar-refractivity contribution in [2.45, 2.75) is 110 Å². The largest absolute Gasteiger partial charge is 0.501 e. The number of benzene rings is 2. The number of likely N-dealkylation sites (tertiary alicyclic amines) is 1. The number of amides is 1. The highest BCUT2D eigenvalue weighted by molar-refractivity contribution is 6.12. The van der Waals surface area contributed by atoms with Crippen molar-refractivity contribution < 1.29 is 42.8 Å². The van der Waals surface area contributed by atoms with E-state index < -0.39 is 29.0 Å². The molecule has 1 amide bonds. The van der Waals surface area contributed by atoms with Gasteiger partial charge in [0.25, 0.3) is 0 Å². The Morgan fingerprint density at radius 1 is 0.840 bits per heavy atom. The molecule has 1 unspecified atom stereocenters. The minimum atomic E-state index is -0.793. The van der Waals surface area contributed by atoms with Gasteiger partial charge in [-0.15, -0.1) is 0 Å². The SMILES string of the molecule is CCO/C=C1\C(=O)c2ccccc2OC12CCCCC2.CCOC(OCC)C1C(=O)c2ccccc2OC12CCN(C(=O)OC(C)(C)C)CC2. The number of Topliss-reactive ketones (excluding diaryl/α,β-unsaturated/α-hetero) is 2. The van der Waals surface area contributed by atoms with E-state index in [2.05, 4.69) is 0 Å². The molecule has 3 heterocycles. The van der Waals surface area contributed by atoms with Crippen LogP contribution in [-0.2, 0) is 18.9 Å². The topological polar surface area (TPSA) is 110 Å². The van der Waals surface area contributed by atoms with E-state index in [9.17, 15) is 14.4 Å². The summed E-state index contributed by atoms with van der Waals surface area (Å²) in [5.74, 6) is 0.717. The van der Waals surface area contributed by atoms with Crippen LogP contribution in [0.15, 0.2) is 60.4 Å². The fourth-order valence-corrected chi connectivity index (χ4v) is 7.38. The zero-order valence-electron chi connectivity index (χ0n) is 30.5. The number of hydrogen-bond donors (Lipinski definition) is 0. The lowest BCUT2D eigenvalue weighted by atomic mass is 9.73. The molecule has 0 N–H and O–H groups in total. The van der Waals surface area contributed by atoms with Gasteiger partial charge in [-0.2, -0.15) is 0 Å². The summed E-state index contributed by atoms with van der Waals surface area (Å²) >= 11 is 0. The van der Waals surface area contributed by atoms with E-state index in [1.165, 1.54) is 6.42 Å². The van der Waals surface area contributed by atoms with Crippen LogP contribution in [0.1, 0.15) is 107 Å². The first kappa shape index (κ1) is 37.4.